The highest BCUT2D eigenvalue weighted by atomic mass is 127. The molecular weight excluding hydrogens is 265 g/mol. The molecule has 0 spiro atoms. The van der Waals surface area contributed by atoms with Crippen LogP contribution in [0, 0.1) is 3.70 Å². The largest absolute Gasteiger partial charge is 0.493 e. The van der Waals surface area contributed by atoms with Crippen molar-refractivity contribution in [3.8, 4) is 5.75 Å². The number of ether oxygens (including phenoxy) is 1. The topological polar surface area (TPSA) is 25.0 Å². The van der Waals surface area contributed by atoms with E-state index in [1.54, 1.807) is 7.11 Å². The van der Waals surface area contributed by atoms with E-state index in [-0.39, 0.29) is 0 Å². The van der Waals surface area contributed by atoms with E-state index < -0.39 is 0 Å². The second kappa shape index (κ2) is 2.97. The molecule has 0 radical (unpaired) electrons. The molecule has 0 saturated carbocycles. The summed E-state index contributed by atoms with van der Waals surface area (Å²) < 4.78 is 6.31. The highest BCUT2D eigenvalue weighted by Gasteiger charge is 2.07. The monoisotopic (exact) mass is 273 g/mol. The number of aromatic amines is 1. The van der Waals surface area contributed by atoms with E-state index in [1.165, 1.54) is 0 Å². The molecule has 1 aromatic carbocycles. The van der Waals surface area contributed by atoms with Crippen molar-refractivity contribution in [2.75, 3.05) is 7.11 Å². The lowest BCUT2D eigenvalue weighted by Crippen LogP contribution is -1.81. The molecule has 0 bridgehead atoms. The van der Waals surface area contributed by atoms with Crippen molar-refractivity contribution in [2.24, 2.45) is 0 Å². The maximum atomic E-state index is 5.26. The zero-order valence-electron chi connectivity index (χ0n) is 6.60. The normalized spacial score (nSPS) is 10.5. The maximum Gasteiger partial charge on any atom is 0.157 e. The van der Waals surface area contributed by atoms with Crippen LogP contribution in [0.3, 0.4) is 0 Å². The third-order valence-electron chi connectivity index (χ3n) is 1.82. The lowest BCUT2D eigenvalue weighted by Gasteiger charge is -1.95. The minimum absolute atomic E-state index is 0.936. The molecule has 0 aliphatic heterocycles. The Hall–Kier alpha value is -0.710. The molecule has 1 aromatic heterocycles. The number of para-hydroxylation sites is 1. The van der Waals surface area contributed by atoms with Gasteiger partial charge in [-0.1, -0.05) is 12.1 Å². The third kappa shape index (κ3) is 1.08. The molecule has 62 valence electrons. The predicted octanol–water partition coefficient (Wildman–Crippen LogP) is 2.78. The fourth-order valence-corrected chi connectivity index (χ4v) is 2.08. The van der Waals surface area contributed by atoms with Gasteiger partial charge in [0.15, 0.2) is 5.75 Å². The second-order valence-electron chi connectivity index (χ2n) is 2.52. The van der Waals surface area contributed by atoms with Gasteiger partial charge >= 0.3 is 0 Å². The first-order chi connectivity index (χ1) is 5.83. The summed E-state index contributed by atoms with van der Waals surface area (Å²) in [7, 11) is 1.69. The summed E-state index contributed by atoms with van der Waals surface area (Å²) >= 11 is 2.23. The number of fused-ring (bicyclic) bond motifs is 1. The highest BCUT2D eigenvalue weighted by Crippen LogP contribution is 2.30. The first kappa shape index (κ1) is 7.91. The Morgan fingerprint density at radius 2 is 2.08 bits per heavy atom. The van der Waals surface area contributed by atoms with Gasteiger partial charge in [-0.05, 0) is 34.7 Å². The molecule has 1 heterocycles. The molecule has 0 amide bonds. The molecule has 0 aliphatic carbocycles. The van der Waals surface area contributed by atoms with Crippen molar-refractivity contribution >= 4 is 33.5 Å². The van der Waals surface area contributed by atoms with Gasteiger partial charge in [0, 0.05) is 5.39 Å². The van der Waals surface area contributed by atoms with Crippen molar-refractivity contribution in [2.45, 2.75) is 0 Å². The van der Waals surface area contributed by atoms with Crippen LogP contribution in [-0.2, 0) is 0 Å². The number of hydrogen-bond donors (Lipinski definition) is 1. The smallest absolute Gasteiger partial charge is 0.157 e. The van der Waals surface area contributed by atoms with Crippen molar-refractivity contribution in [1.29, 1.82) is 0 Å². The maximum absolute atomic E-state index is 5.26. The first-order valence-electron chi connectivity index (χ1n) is 3.63. The molecule has 1 N–H and O–H groups in total. The quantitative estimate of drug-likeness (QED) is 0.794. The van der Waals surface area contributed by atoms with Crippen molar-refractivity contribution in [3.63, 3.8) is 0 Å². The number of methoxy groups -OCH3 is 1. The van der Waals surface area contributed by atoms with E-state index >= 15 is 0 Å². The number of rotatable bonds is 1. The molecule has 0 atom stereocenters. The summed E-state index contributed by atoms with van der Waals surface area (Å²) in [4.78, 5) is 3.24. The Morgan fingerprint density at radius 1 is 1.33 bits per heavy atom. The first-order valence-corrected chi connectivity index (χ1v) is 4.71. The zero-order valence-corrected chi connectivity index (χ0v) is 8.75. The number of H-pyrrole nitrogens is 1. The van der Waals surface area contributed by atoms with Crippen molar-refractivity contribution in [1.82, 2.24) is 4.98 Å². The number of aromatic nitrogens is 1. The van der Waals surface area contributed by atoms with Crippen LogP contribution in [0.1, 0.15) is 0 Å². The van der Waals surface area contributed by atoms with E-state index in [4.69, 9.17) is 4.74 Å². The fraction of sp³-hybridized carbons (Fsp3) is 0.111. The summed E-state index contributed by atoms with van der Waals surface area (Å²) in [5.74, 6) is 0.936. The summed E-state index contributed by atoms with van der Waals surface area (Å²) in [6.07, 6.45) is 0. The molecule has 2 rings (SSSR count). The Morgan fingerprint density at radius 3 is 2.83 bits per heavy atom. The van der Waals surface area contributed by atoms with E-state index in [0.29, 0.717) is 0 Å². The molecule has 0 unspecified atom stereocenters. The van der Waals surface area contributed by atoms with E-state index in [0.717, 1.165) is 20.4 Å². The van der Waals surface area contributed by atoms with Crippen LogP contribution in [0.25, 0.3) is 10.9 Å². The Balaban J connectivity index is 2.81. The summed E-state index contributed by atoms with van der Waals surface area (Å²) in [6, 6.07) is 8.11. The Bertz CT molecular complexity index is 408. The molecule has 0 fully saturated rings. The minimum Gasteiger partial charge on any atom is -0.493 e. The lowest BCUT2D eigenvalue weighted by molar-refractivity contribution is 0.416. The van der Waals surface area contributed by atoms with Gasteiger partial charge in [0.1, 0.15) is 3.70 Å². The van der Waals surface area contributed by atoms with Gasteiger partial charge < -0.3 is 9.72 Å². The molecule has 0 saturated heterocycles. The molecule has 12 heavy (non-hydrogen) atoms. The number of halogens is 1. The van der Waals surface area contributed by atoms with Crippen LogP contribution >= 0.6 is 22.6 Å². The lowest BCUT2D eigenvalue weighted by atomic mass is 10.2. The van der Waals surface area contributed by atoms with Gasteiger partial charge in [0.2, 0.25) is 0 Å². The van der Waals surface area contributed by atoms with Gasteiger partial charge in [-0.3, -0.25) is 0 Å². The minimum atomic E-state index is 0.936. The van der Waals surface area contributed by atoms with E-state index in [1.807, 2.05) is 24.3 Å². The van der Waals surface area contributed by atoms with E-state index in [2.05, 4.69) is 27.6 Å². The summed E-state index contributed by atoms with van der Waals surface area (Å²) in [5, 5.41) is 1.14. The summed E-state index contributed by atoms with van der Waals surface area (Å²) in [6.45, 7) is 0. The van der Waals surface area contributed by atoms with Crippen molar-refractivity contribution < 1.29 is 4.74 Å². The molecule has 2 nitrogen and oxygen atoms in total. The van der Waals surface area contributed by atoms with E-state index in [9.17, 15) is 0 Å². The van der Waals surface area contributed by atoms with Crippen LogP contribution in [0.4, 0.5) is 0 Å². The van der Waals surface area contributed by atoms with Gasteiger partial charge in [0.25, 0.3) is 0 Å². The second-order valence-corrected chi connectivity index (χ2v) is 3.60. The SMILES string of the molecule is COc1c(I)[nH]c2ccccc12. The number of nitrogens with one attached hydrogen (secondary N) is 1. The van der Waals surface area contributed by atoms with Crippen LogP contribution in [0.5, 0.6) is 5.75 Å². The average Bonchev–Trinajstić information content (AvgIpc) is 2.40. The Labute approximate surface area is 84.1 Å². The highest BCUT2D eigenvalue weighted by molar-refractivity contribution is 14.1. The standard InChI is InChI=1S/C9H8INO/c1-12-8-6-4-2-3-5-7(6)11-9(8)10/h2-5,11H,1H3. The number of hydrogen-bond acceptors (Lipinski definition) is 1. The zero-order chi connectivity index (χ0) is 8.55. The molecule has 0 aliphatic rings. The van der Waals surface area contributed by atoms with Crippen LogP contribution < -0.4 is 4.74 Å². The Kier molecular flexibility index (Phi) is 1.96. The van der Waals surface area contributed by atoms with Crippen molar-refractivity contribution in [3.05, 3.63) is 28.0 Å². The molecular formula is C9H8INO. The summed E-state index contributed by atoms with van der Waals surface area (Å²) in [5.41, 5.74) is 1.12. The van der Waals surface area contributed by atoms with Gasteiger partial charge in [-0.2, -0.15) is 0 Å². The third-order valence-corrected chi connectivity index (χ3v) is 2.58. The van der Waals surface area contributed by atoms with Crippen LogP contribution in [-0.4, -0.2) is 12.1 Å². The van der Waals surface area contributed by atoms with Gasteiger partial charge in [-0.15, -0.1) is 0 Å². The molecule has 2 aromatic rings. The molecule has 3 heteroatoms. The van der Waals surface area contributed by atoms with Gasteiger partial charge in [-0.25, -0.2) is 0 Å². The van der Waals surface area contributed by atoms with Crippen LogP contribution in [0.2, 0.25) is 0 Å². The van der Waals surface area contributed by atoms with Gasteiger partial charge in [0.05, 0.1) is 12.6 Å². The predicted molar refractivity (Wildman–Crippen MR) is 57.6 cm³/mol. The fourth-order valence-electron chi connectivity index (χ4n) is 1.28. The van der Waals surface area contributed by atoms with Crippen LogP contribution in [0.15, 0.2) is 24.3 Å². The number of benzene rings is 1. The average molecular weight is 273 g/mol.